The van der Waals surface area contributed by atoms with Gasteiger partial charge in [-0.05, 0) is 18.2 Å². The summed E-state index contributed by atoms with van der Waals surface area (Å²) in [5.74, 6) is -4.41. The van der Waals surface area contributed by atoms with Crippen molar-refractivity contribution in [1.82, 2.24) is 4.31 Å². The van der Waals surface area contributed by atoms with Gasteiger partial charge < -0.3 is 10.6 Å². The molecule has 0 spiro atoms. The molecule has 0 fully saturated rings. The Labute approximate surface area is 147 Å². The average Bonchev–Trinajstić information content (AvgIpc) is 2.56. The van der Waals surface area contributed by atoms with Crippen molar-refractivity contribution in [2.45, 2.75) is 11.4 Å². The van der Waals surface area contributed by atoms with Crippen molar-refractivity contribution in [1.29, 1.82) is 0 Å². The Balaban J connectivity index is 2.03. The first-order valence-corrected chi connectivity index (χ1v) is 8.90. The maximum atomic E-state index is 13.9. The van der Waals surface area contributed by atoms with Gasteiger partial charge in [0.25, 0.3) is 0 Å². The van der Waals surface area contributed by atoms with Crippen molar-refractivity contribution in [3.63, 3.8) is 0 Å². The minimum atomic E-state index is -4.03. The molecular formula is C16H14F3N3O3S. The van der Waals surface area contributed by atoms with Crippen molar-refractivity contribution in [2.75, 3.05) is 18.1 Å². The van der Waals surface area contributed by atoms with Gasteiger partial charge in [-0.3, -0.25) is 4.79 Å². The van der Waals surface area contributed by atoms with E-state index in [1.165, 1.54) is 23.1 Å². The van der Waals surface area contributed by atoms with Gasteiger partial charge in [0.05, 0.1) is 18.9 Å². The summed E-state index contributed by atoms with van der Waals surface area (Å²) in [5, 5.41) is 0. The number of carbonyl (C=O) groups is 1. The van der Waals surface area contributed by atoms with Gasteiger partial charge in [0.15, 0.2) is 11.6 Å². The van der Waals surface area contributed by atoms with E-state index < -0.39 is 39.9 Å². The number of primary amides is 1. The number of para-hydroxylation sites is 1. The number of amides is 1. The average molecular weight is 385 g/mol. The summed E-state index contributed by atoms with van der Waals surface area (Å²) in [7, 11) is -4.03. The number of anilines is 1. The van der Waals surface area contributed by atoms with E-state index in [-0.39, 0.29) is 29.4 Å². The molecule has 0 unspecified atom stereocenters. The van der Waals surface area contributed by atoms with Crippen LogP contribution in [-0.2, 0) is 21.4 Å². The van der Waals surface area contributed by atoms with Crippen molar-refractivity contribution in [3.8, 4) is 0 Å². The second-order valence-electron chi connectivity index (χ2n) is 5.75. The van der Waals surface area contributed by atoms with Crippen LogP contribution in [0.1, 0.15) is 5.56 Å². The van der Waals surface area contributed by atoms with E-state index in [4.69, 9.17) is 5.73 Å². The largest absolute Gasteiger partial charge is 0.368 e. The minimum absolute atomic E-state index is 0.0875. The number of carbonyl (C=O) groups excluding carboxylic acids is 1. The van der Waals surface area contributed by atoms with Crippen LogP contribution in [0.5, 0.6) is 0 Å². The number of hydrogen-bond acceptors (Lipinski definition) is 4. The van der Waals surface area contributed by atoms with Crippen LogP contribution in [0.4, 0.5) is 18.9 Å². The third kappa shape index (κ3) is 3.25. The fourth-order valence-electron chi connectivity index (χ4n) is 2.75. The predicted octanol–water partition coefficient (Wildman–Crippen LogP) is 1.56. The molecule has 2 aromatic carbocycles. The predicted molar refractivity (Wildman–Crippen MR) is 86.9 cm³/mol. The molecule has 1 aliphatic rings. The van der Waals surface area contributed by atoms with Gasteiger partial charge in [0.1, 0.15) is 10.7 Å². The number of hydrogen-bond donors (Lipinski definition) is 1. The zero-order valence-electron chi connectivity index (χ0n) is 13.3. The standard InChI is InChI=1S/C16H14F3N3O3S/c17-11-6-13(19)12(18)5-10(11)7-22-9-21(8-16(20)23)14-3-1-2-4-15(14)26(22,24)25/h1-6H,7-9H2,(H2,20,23). The lowest BCUT2D eigenvalue weighted by Gasteiger charge is -2.37. The molecule has 10 heteroatoms. The molecule has 1 heterocycles. The highest BCUT2D eigenvalue weighted by Gasteiger charge is 2.36. The molecule has 3 rings (SSSR count). The molecule has 0 saturated heterocycles. The van der Waals surface area contributed by atoms with Crippen molar-refractivity contribution in [2.24, 2.45) is 5.73 Å². The van der Waals surface area contributed by atoms with E-state index in [2.05, 4.69) is 0 Å². The Morgan fingerprint density at radius 2 is 1.73 bits per heavy atom. The minimum Gasteiger partial charge on any atom is -0.368 e. The summed E-state index contributed by atoms with van der Waals surface area (Å²) < 4.78 is 66.9. The van der Waals surface area contributed by atoms with Gasteiger partial charge >= 0.3 is 0 Å². The molecule has 26 heavy (non-hydrogen) atoms. The second kappa shape index (κ2) is 6.61. The SMILES string of the molecule is NC(=O)CN1CN(Cc2cc(F)c(F)cc2F)S(=O)(=O)c2ccccc21. The fourth-order valence-corrected chi connectivity index (χ4v) is 4.34. The van der Waals surface area contributed by atoms with Crippen molar-refractivity contribution in [3.05, 3.63) is 59.4 Å². The number of rotatable bonds is 4. The maximum Gasteiger partial charge on any atom is 0.246 e. The third-order valence-corrected chi connectivity index (χ3v) is 5.76. The summed E-state index contributed by atoms with van der Waals surface area (Å²) >= 11 is 0. The van der Waals surface area contributed by atoms with Gasteiger partial charge in [-0.25, -0.2) is 21.6 Å². The zero-order valence-corrected chi connectivity index (χ0v) is 14.1. The summed E-state index contributed by atoms with van der Waals surface area (Å²) in [6.45, 7) is -1.08. The summed E-state index contributed by atoms with van der Waals surface area (Å²) in [6, 6.07) is 6.93. The van der Waals surface area contributed by atoms with Gasteiger partial charge in [-0.2, -0.15) is 4.31 Å². The molecule has 0 bridgehead atoms. The lowest BCUT2D eigenvalue weighted by molar-refractivity contribution is -0.116. The van der Waals surface area contributed by atoms with E-state index in [0.717, 1.165) is 4.31 Å². The molecule has 0 aromatic heterocycles. The Morgan fingerprint density at radius 1 is 1.08 bits per heavy atom. The third-order valence-electron chi connectivity index (χ3n) is 3.93. The highest BCUT2D eigenvalue weighted by molar-refractivity contribution is 7.89. The fraction of sp³-hybridized carbons (Fsp3) is 0.188. The van der Waals surface area contributed by atoms with E-state index in [1.807, 2.05) is 0 Å². The molecule has 2 N–H and O–H groups in total. The first kappa shape index (κ1) is 18.2. The van der Waals surface area contributed by atoms with Gasteiger partial charge in [-0.15, -0.1) is 0 Å². The quantitative estimate of drug-likeness (QED) is 0.810. The Morgan fingerprint density at radius 3 is 2.42 bits per heavy atom. The Kier molecular flexibility index (Phi) is 4.63. The Hall–Kier alpha value is -2.59. The normalized spacial score (nSPS) is 16.3. The number of nitrogens with zero attached hydrogens (tertiary/aromatic N) is 2. The number of sulfonamides is 1. The van der Waals surface area contributed by atoms with E-state index in [0.29, 0.717) is 12.1 Å². The second-order valence-corrected chi connectivity index (χ2v) is 7.65. The summed E-state index contributed by atoms with van der Waals surface area (Å²) in [5.41, 5.74) is 5.16. The molecule has 138 valence electrons. The molecule has 0 aliphatic carbocycles. The first-order chi connectivity index (χ1) is 12.2. The molecule has 2 aromatic rings. The molecule has 1 aliphatic heterocycles. The molecule has 0 saturated carbocycles. The highest BCUT2D eigenvalue weighted by atomic mass is 32.2. The highest BCUT2D eigenvalue weighted by Crippen LogP contribution is 2.34. The zero-order chi connectivity index (χ0) is 19.1. The molecule has 1 amide bonds. The Bertz CT molecular complexity index is 982. The van der Waals surface area contributed by atoms with Crippen LogP contribution in [0.2, 0.25) is 0 Å². The lowest BCUT2D eigenvalue weighted by atomic mass is 10.2. The van der Waals surface area contributed by atoms with Gasteiger partial charge in [0.2, 0.25) is 15.9 Å². The number of halogens is 3. The van der Waals surface area contributed by atoms with Crippen LogP contribution in [-0.4, -0.2) is 31.8 Å². The molecule has 0 radical (unpaired) electrons. The number of fused-ring (bicyclic) bond motifs is 1. The number of benzene rings is 2. The van der Waals surface area contributed by atoms with Crippen LogP contribution in [0.15, 0.2) is 41.3 Å². The maximum absolute atomic E-state index is 13.9. The van der Waals surface area contributed by atoms with Gasteiger partial charge in [-0.1, -0.05) is 12.1 Å². The van der Waals surface area contributed by atoms with Crippen LogP contribution < -0.4 is 10.6 Å². The van der Waals surface area contributed by atoms with Crippen molar-refractivity contribution >= 4 is 21.6 Å². The van der Waals surface area contributed by atoms with Crippen LogP contribution >= 0.6 is 0 Å². The lowest BCUT2D eigenvalue weighted by Crippen LogP contribution is -2.48. The first-order valence-electron chi connectivity index (χ1n) is 7.46. The molecule has 0 atom stereocenters. The summed E-state index contributed by atoms with van der Waals surface area (Å²) in [4.78, 5) is 12.6. The smallest absolute Gasteiger partial charge is 0.246 e. The van der Waals surface area contributed by atoms with E-state index in [1.54, 1.807) is 6.07 Å². The van der Waals surface area contributed by atoms with E-state index >= 15 is 0 Å². The topological polar surface area (TPSA) is 83.7 Å². The van der Waals surface area contributed by atoms with Crippen molar-refractivity contribution < 1.29 is 26.4 Å². The summed E-state index contributed by atoms with van der Waals surface area (Å²) in [6.07, 6.45) is 0. The van der Waals surface area contributed by atoms with Crippen LogP contribution in [0.25, 0.3) is 0 Å². The monoisotopic (exact) mass is 385 g/mol. The molecular weight excluding hydrogens is 371 g/mol. The van der Waals surface area contributed by atoms with Gasteiger partial charge in [0, 0.05) is 18.2 Å². The van der Waals surface area contributed by atoms with Crippen LogP contribution in [0.3, 0.4) is 0 Å². The number of nitrogens with two attached hydrogens (primary N) is 1. The van der Waals surface area contributed by atoms with Crippen LogP contribution in [0, 0.1) is 17.5 Å². The van der Waals surface area contributed by atoms with E-state index in [9.17, 15) is 26.4 Å². The molecule has 6 nitrogen and oxygen atoms in total.